The summed E-state index contributed by atoms with van der Waals surface area (Å²) >= 11 is 0. The average Bonchev–Trinajstić information content (AvgIpc) is 3.83. The molecule has 0 atom stereocenters. The lowest BCUT2D eigenvalue weighted by atomic mass is 9.84. The van der Waals surface area contributed by atoms with E-state index in [-0.39, 0.29) is 0 Å². The Labute approximate surface area is 346 Å². The van der Waals surface area contributed by atoms with E-state index in [9.17, 15) is 0 Å². The van der Waals surface area contributed by atoms with E-state index in [1.54, 1.807) is 0 Å². The highest BCUT2D eigenvalue weighted by Gasteiger charge is 2.21. The third kappa shape index (κ3) is 4.82. The number of para-hydroxylation sites is 4. The molecule has 2 nitrogen and oxygen atoms in total. The number of fused-ring (bicyclic) bond motifs is 10. The Bertz CT molecular complexity index is 3620. The van der Waals surface area contributed by atoms with Gasteiger partial charge in [-0.05, 0) is 126 Å². The fraction of sp³-hybridized carbons (Fsp3) is 0. The van der Waals surface area contributed by atoms with Crippen molar-refractivity contribution in [3.8, 4) is 33.6 Å². The predicted molar refractivity (Wildman–Crippen MR) is 256 cm³/mol. The van der Waals surface area contributed by atoms with Gasteiger partial charge in [0.2, 0.25) is 0 Å². The number of hydrogen-bond donors (Lipinski definition) is 0. The summed E-state index contributed by atoms with van der Waals surface area (Å²) in [6, 6.07) is 80.9. The summed E-state index contributed by atoms with van der Waals surface area (Å²) in [5.74, 6) is 0. The molecular weight excluding hydrogens is 725 g/mol. The first-order chi connectivity index (χ1) is 29.8. The summed E-state index contributed by atoms with van der Waals surface area (Å²) in [6.07, 6.45) is 0. The maximum absolute atomic E-state index is 2.45. The molecule has 0 saturated carbocycles. The van der Waals surface area contributed by atoms with Crippen LogP contribution in [-0.4, -0.2) is 9.13 Å². The van der Waals surface area contributed by atoms with Crippen LogP contribution in [0.3, 0.4) is 0 Å². The Morgan fingerprint density at radius 3 is 0.950 bits per heavy atom. The van der Waals surface area contributed by atoms with E-state index >= 15 is 0 Å². The quantitative estimate of drug-likeness (QED) is 0.158. The highest BCUT2D eigenvalue weighted by Crippen LogP contribution is 2.47. The molecule has 0 N–H and O–H groups in total. The first-order valence-electron chi connectivity index (χ1n) is 20.8. The summed E-state index contributed by atoms with van der Waals surface area (Å²) in [5.41, 5.74) is 12.0. The Morgan fingerprint density at radius 2 is 0.550 bits per heavy atom. The second-order valence-electron chi connectivity index (χ2n) is 16.1. The summed E-state index contributed by atoms with van der Waals surface area (Å²) in [5, 5.41) is 14.9. The molecule has 0 aliphatic rings. The van der Waals surface area contributed by atoms with Crippen LogP contribution >= 0.6 is 0 Å². The third-order valence-corrected chi connectivity index (χ3v) is 12.8. The average molecular weight is 761 g/mol. The molecule has 0 saturated heterocycles. The third-order valence-electron chi connectivity index (χ3n) is 12.8. The van der Waals surface area contributed by atoms with Crippen molar-refractivity contribution in [2.75, 3.05) is 0 Å². The van der Waals surface area contributed by atoms with Gasteiger partial charge in [0.05, 0.1) is 22.1 Å². The molecule has 2 heterocycles. The van der Waals surface area contributed by atoms with Gasteiger partial charge >= 0.3 is 0 Å². The molecule has 0 unspecified atom stereocenters. The van der Waals surface area contributed by atoms with Crippen LogP contribution in [0.2, 0.25) is 0 Å². The lowest BCUT2D eigenvalue weighted by Crippen LogP contribution is -1.98. The van der Waals surface area contributed by atoms with Crippen molar-refractivity contribution in [2.24, 2.45) is 0 Å². The molecule has 2 heteroatoms. The van der Waals surface area contributed by atoms with Crippen LogP contribution in [0.5, 0.6) is 0 Å². The highest BCUT2D eigenvalue weighted by atomic mass is 15.0. The zero-order chi connectivity index (χ0) is 39.3. The largest absolute Gasteiger partial charge is 0.309 e. The fourth-order valence-electron chi connectivity index (χ4n) is 10.2. The van der Waals surface area contributed by atoms with Crippen LogP contribution in [0.1, 0.15) is 0 Å². The smallest absolute Gasteiger partial charge is 0.0541 e. The minimum atomic E-state index is 1.14. The van der Waals surface area contributed by atoms with Crippen LogP contribution in [0.15, 0.2) is 218 Å². The van der Waals surface area contributed by atoms with E-state index in [0.29, 0.717) is 0 Å². The molecule has 0 radical (unpaired) electrons. The van der Waals surface area contributed by atoms with Crippen LogP contribution in [0.4, 0.5) is 0 Å². The molecular formula is C58H36N2. The first kappa shape index (κ1) is 33.1. The topological polar surface area (TPSA) is 9.86 Å². The van der Waals surface area contributed by atoms with Crippen molar-refractivity contribution >= 4 is 86.7 Å². The maximum atomic E-state index is 2.45. The van der Waals surface area contributed by atoms with E-state index in [1.165, 1.54) is 109 Å². The SMILES string of the molecule is c1ccc2cc(-c3c4ccc(-n5c6ccccc6c6ccccc65)cc4c(-c4ccc5ccccc5c4)c4cc(-n5c6ccccc6c6ccccc65)ccc34)ccc2c1. The zero-order valence-corrected chi connectivity index (χ0v) is 32.7. The molecule has 0 aliphatic heterocycles. The van der Waals surface area contributed by atoms with Crippen molar-refractivity contribution in [1.29, 1.82) is 0 Å². The molecule has 0 amide bonds. The predicted octanol–water partition coefficient (Wildman–Crippen LogP) is 15.8. The van der Waals surface area contributed by atoms with Gasteiger partial charge in [0.1, 0.15) is 0 Å². The minimum absolute atomic E-state index is 1.14. The van der Waals surface area contributed by atoms with Crippen LogP contribution in [0, 0.1) is 0 Å². The van der Waals surface area contributed by atoms with Crippen molar-refractivity contribution in [1.82, 2.24) is 9.13 Å². The lowest BCUT2D eigenvalue weighted by molar-refractivity contribution is 1.18. The maximum Gasteiger partial charge on any atom is 0.0541 e. The van der Waals surface area contributed by atoms with Gasteiger partial charge in [-0.1, -0.05) is 158 Å². The first-order valence-corrected chi connectivity index (χ1v) is 20.8. The molecule has 2 aromatic heterocycles. The van der Waals surface area contributed by atoms with Gasteiger partial charge in [0.15, 0.2) is 0 Å². The summed E-state index contributed by atoms with van der Waals surface area (Å²) in [6.45, 7) is 0. The van der Waals surface area contributed by atoms with Crippen molar-refractivity contribution in [2.45, 2.75) is 0 Å². The molecule has 11 aromatic carbocycles. The van der Waals surface area contributed by atoms with Gasteiger partial charge in [-0.25, -0.2) is 0 Å². The van der Waals surface area contributed by atoms with Crippen LogP contribution < -0.4 is 0 Å². The summed E-state index contributed by atoms with van der Waals surface area (Å²) in [4.78, 5) is 0. The normalized spacial score (nSPS) is 12.0. The molecule has 0 aliphatic carbocycles. The summed E-state index contributed by atoms with van der Waals surface area (Å²) in [7, 11) is 0. The van der Waals surface area contributed by atoms with E-state index in [0.717, 1.165) is 11.4 Å². The Hall–Kier alpha value is -7.94. The number of nitrogens with zero attached hydrogens (tertiary/aromatic N) is 2. The summed E-state index contributed by atoms with van der Waals surface area (Å²) < 4.78 is 4.89. The number of hydrogen-bond acceptors (Lipinski definition) is 0. The lowest BCUT2D eigenvalue weighted by Gasteiger charge is -2.21. The van der Waals surface area contributed by atoms with Gasteiger partial charge < -0.3 is 9.13 Å². The molecule has 13 aromatic rings. The Kier molecular flexibility index (Phi) is 7.05. The van der Waals surface area contributed by atoms with Crippen molar-refractivity contribution in [3.05, 3.63) is 218 Å². The minimum Gasteiger partial charge on any atom is -0.309 e. The molecule has 0 spiro atoms. The Morgan fingerprint density at radius 1 is 0.217 bits per heavy atom. The van der Waals surface area contributed by atoms with Gasteiger partial charge in [-0.2, -0.15) is 0 Å². The highest BCUT2D eigenvalue weighted by molar-refractivity contribution is 6.23. The second-order valence-corrected chi connectivity index (χ2v) is 16.1. The van der Waals surface area contributed by atoms with Gasteiger partial charge in [-0.15, -0.1) is 0 Å². The van der Waals surface area contributed by atoms with E-state index in [1.807, 2.05) is 0 Å². The van der Waals surface area contributed by atoms with Crippen LogP contribution in [-0.2, 0) is 0 Å². The number of rotatable bonds is 4. The van der Waals surface area contributed by atoms with E-state index in [2.05, 4.69) is 228 Å². The standard InChI is InChI=1S/C58H36N2/c1-3-15-39-33-41(27-25-37(39)13-1)57-49-31-29-43(59-53-21-9-5-17-45(53)46-18-6-10-22-54(46)59)35-51(49)58(42-28-26-38-14-2-4-16-40(38)34-42)52-36-44(30-32-50(52)57)60-55-23-11-7-19-47(55)48-20-8-12-24-56(48)60/h1-36H. The molecule has 0 fully saturated rings. The monoisotopic (exact) mass is 760 g/mol. The number of benzene rings is 11. The van der Waals surface area contributed by atoms with Crippen LogP contribution in [0.25, 0.3) is 120 Å². The number of aromatic nitrogens is 2. The van der Waals surface area contributed by atoms with Crippen molar-refractivity contribution in [3.63, 3.8) is 0 Å². The molecule has 60 heavy (non-hydrogen) atoms. The van der Waals surface area contributed by atoms with Gasteiger partial charge in [0, 0.05) is 32.9 Å². The zero-order valence-electron chi connectivity index (χ0n) is 32.7. The molecule has 0 bridgehead atoms. The molecule has 278 valence electrons. The van der Waals surface area contributed by atoms with E-state index in [4.69, 9.17) is 0 Å². The fourth-order valence-corrected chi connectivity index (χ4v) is 10.2. The van der Waals surface area contributed by atoms with Crippen molar-refractivity contribution < 1.29 is 0 Å². The molecule has 13 rings (SSSR count). The van der Waals surface area contributed by atoms with Gasteiger partial charge in [-0.3, -0.25) is 0 Å². The van der Waals surface area contributed by atoms with E-state index < -0.39 is 0 Å². The van der Waals surface area contributed by atoms with Gasteiger partial charge in [0.25, 0.3) is 0 Å². The Balaban J connectivity index is 1.21. The second kappa shape index (κ2) is 12.8.